The first-order valence-corrected chi connectivity index (χ1v) is 4.40. The summed E-state index contributed by atoms with van der Waals surface area (Å²) in [6, 6.07) is 0.514. The summed E-state index contributed by atoms with van der Waals surface area (Å²) in [4.78, 5) is 10.7. The van der Waals surface area contributed by atoms with Crippen LogP contribution in [0.1, 0.15) is 20.3 Å². The summed E-state index contributed by atoms with van der Waals surface area (Å²) in [6.07, 6.45) is 1.10. The maximum atomic E-state index is 10.7. The zero-order valence-corrected chi connectivity index (χ0v) is 7.89. The number of amides is 1. The predicted octanol–water partition coefficient (Wildman–Crippen LogP) is -0.551. The van der Waals surface area contributed by atoms with Gasteiger partial charge < -0.3 is 16.4 Å². The molecule has 4 nitrogen and oxygen atoms in total. The minimum absolute atomic E-state index is 0.0727. The van der Waals surface area contributed by atoms with Crippen molar-refractivity contribution in [2.24, 2.45) is 5.73 Å². The van der Waals surface area contributed by atoms with Crippen LogP contribution in [-0.2, 0) is 4.79 Å². The molecule has 0 aromatic rings. The molecule has 0 rings (SSSR count). The van der Waals surface area contributed by atoms with E-state index in [-0.39, 0.29) is 12.5 Å². The van der Waals surface area contributed by atoms with Gasteiger partial charge in [-0.2, -0.15) is 0 Å². The fourth-order valence-corrected chi connectivity index (χ4v) is 0.737. The van der Waals surface area contributed by atoms with Gasteiger partial charge in [-0.3, -0.25) is 4.79 Å². The van der Waals surface area contributed by atoms with Gasteiger partial charge in [0.25, 0.3) is 0 Å². The van der Waals surface area contributed by atoms with E-state index in [1.165, 1.54) is 0 Å². The van der Waals surface area contributed by atoms with Crippen molar-refractivity contribution in [2.75, 3.05) is 19.6 Å². The van der Waals surface area contributed by atoms with Crippen LogP contribution < -0.4 is 16.4 Å². The quantitative estimate of drug-likeness (QED) is 0.472. The van der Waals surface area contributed by atoms with E-state index in [0.717, 1.165) is 13.0 Å². The molecule has 0 aromatic heterocycles. The average Bonchev–Trinajstić information content (AvgIpc) is 2.11. The van der Waals surface area contributed by atoms with Gasteiger partial charge in [0.1, 0.15) is 0 Å². The zero-order chi connectivity index (χ0) is 9.40. The van der Waals surface area contributed by atoms with E-state index in [2.05, 4.69) is 24.5 Å². The molecule has 4 heteroatoms. The Bertz CT molecular complexity index is 127. The Balaban J connectivity index is 3.15. The highest BCUT2D eigenvalue weighted by Crippen LogP contribution is 1.84. The minimum atomic E-state index is -0.0963. The summed E-state index contributed by atoms with van der Waals surface area (Å²) in [5.74, 6) is -0.0963. The number of hydrogen-bond donors (Lipinski definition) is 3. The van der Waals surface area contributed by atoms with Gasteiger partial charge in [0.2, 0.25) is 5.91 Å². The largest absolute Gasteiger partial charge is 0.354 e. The molecule has 0 saturated carbocycles. The first-order chi connectivity index (χ1) is 5.70. The standard InChI is InChI=1S/C8H19N3O/c1-3-7(2)10-4-5-11-8(12)6-9/h7,10H,3-6,9H2,1-2H3,(H,11,12). The van der Waals surface area contributed by atoms with E-state index in [1.807, 2.05) is 0 Å². The number of carbonyl (C=O) groups excluding carboxylic acids is 1. The molecule has 72 valence electrons. The van der Waals surface area contributed by atoms with Crippen LogP contribution in [-0.4, -0.2) is 31.6 Å². The summed E-state index contributed by atoms with van der Waals surface area (Å²) >= 11 is 0. The molecule has 0 aliphatic rings. The van der Waals surface area contributed by atoms with Crippen LogP contribution in [0.4, 0.5) is 0 Å². The van der Waals surface area contributed by atoms with E-state index in [9.17, 15) is 4.79 Å². The van der Waals surface area contributed by atoms with Crippen LogP contribution in [0, 0.1) is 0 Å². The van der Waals surface area contributed by atoms with Crippen molar-refractivity contribution in [3.8, 4) is 0 Å². The van der Waals surface area contributed by atoms with Gasteiger partial charge in [0.05, 0.1) is 6.54 Å². The third kappa shape index (κ3) is 6.12. The molecule has 0 aromatic carbocycles. The molecule has 0 aliphatic carbocycles. The molecular weight excluding hydrogens is 154 g/mol. The van der Waals surface area contributed by atoms with Gasteiger partial charge in [-0.25, -0.2) is 0 Å². The second-order valence-electron chi connectivity index (χ2n) is 2.82. The lowest BCUT2D eigenvalue weighted by Crippen LogP contribution is -2.37. The fourth-order valence-electron chi connectivity index (χ4n) is 0.737. The lowest BCUT2D eigenvalue weighted by Gasteiger charge is -2.10. The Kier molecular flexibility index (Phi) is 6.70. The average molecular weight is 173 g/mol. The fraction of sp³-hybridized carbons (Fsp3) is 0.875. The van der Waals surface area contributed by atoms with Crippen molar-refractivity contribution in [2.45, 2.75) is 26.3 Å². The molecule has 4 N–H and O–H groups in total. The van der Waals surface area contributed by atoms with E-state index in [1.54, 1.807) is 0 Å². The Hall–Kier alpha value is -0.610. The highest BCUT2D eigenvalue weighted by atomic mass is 16.1. The van der Waals surface area contributed by atoms with Crippen LogP contribution in [0.25, 0.3) is 0 Å². The van der Waals surface area contributed by atoms with Crippen molar-refractivity contribution < 1.29 is 4.79 Å². The Morgan fingerprint density at radius 1 is 1.50 bits per heavy atom. The predicted molar refractivity (Wildman–Crippen MR) is 49.8 cm³/mol. The van der Waals surface area contributed by atoms with Gasteiger partial charge in [0, 0.05) is 19.1 Å². The first-order valence-electron chi connectivity index (χ1n) is 4.40. The summed E-state index contributed by atoms with van der Waals surface area (Å²) in [7, 11) is 0. The first kappa shape index (κ1) is 11.4. The second kappa shape index (κ2) is 7.06. The number of carbonyl (C=O) groups is 1. The van der Waals surface area contributed by atoms with Crippen LogP contribution in [0.15, 0.2) is 0 Å². The van der Waals surface area contributed by atoms with Crippen LogP contribution >= 0.6 is 0 Å². The molecule has 0 radical (unpaired) electrons. The van der Waals surface area contributed by atoms with E-state index in [4.69, 9.17) is 5.73 Å². The van der Waals surface area contributed by atoms with E-state index >= 15 is 0 Å². The van der Waals surface area contributed by atoms with Crippen LogP contribution in [0.2, 0.25) is 0 Å². The summed E-state index contributed by atoms with van der Waals surface area (Å²) < 4.78 is 0. The molecule has 1 unspecified atom stereocenters. The monoisotopic (exact) mass is 173 g/mol. The third-order valence-electron chi connectivity index (χ3n) is 1.74. The van der Waals surface area contributed by atoms with Crippen molar-refractivity contribution in [1.82, 2.24) is 10.6 Å². The molecule has 0 fully saturated rings. The number of rotatable bonds is 6. The van der Waals surface area contributed by atoms with Gasteiger partial charge in [-0.1, -0.05) is 6.92 Å². The lowest BCUT2D eigenvalue weighted by molar-refractivity contribution is -0.119. The highest BCUT2D eigenvalue weighted by Gasteiger charge is 1.97. The maximum Gasteiger partial charge on any atom is 0.233 e. The molecule has 12 heavy (non-hydrogen) atoms. The van der Waals surface area contributed by atoms with Crippen LogP contribution in [0.3, 0.4) is 0 Å². The molecule has 0 aliphatic heterocycles. The van der Waals surface area contributed by atoms with Crippen molar-refractivity contribution in [3.63, 3.8) is 0 Å². The normalized spacial score (nSPS) is 12.6. The van der Waals surface area contributed by atoms with E-state index in [0.29, 0.717) is 12.6 Å². The van der Waals surface area contributed by atoms with E-state index < -0.39 is 0 Å². The van der Waals surface area contributed by atoms with Gasteiger partial charge in [-0.05, 0) is 13.3 Å². The number of nitrogens with two attached hydrogens (primary N) is 1. The summed E-state index contributed by atoms with van der Waals surface area (Å²) in [5.41, 5.74) is 5.11. The molecule has 1 atom stereocenters. The topological polar surface area (TPSA) is 67.1 Å². The Morgan fingerprint density at radius 3 is 2.67 bits per heavy atom. The van der Waals surface area contributed by atoms with Gasteiger partial charge in [0.15, 0.2) is 0 Å². The smallest absolute Gasteiger partial charge is 0.233 e. The molecule has 0 spiro atoms. The van der Waals surface area contributed by atoms with Gasteiger partial charge in [-0.15, -0.1) is 0 Å². The minimum Gasteiger partial charge on any atom is -0.354 e. The zero-order valence-electron chi connectivity index (χ0n) is 7.89. The third-order valence-corrected chi connectivity index (χ3v) is 1.74. The molecule has 1 amide bonds. The van der Waals surface area contributed by atoms with Crippen molar-refractivity contribution in [1.29, 1.82) is 0 Å². The molecular formula is C8H19N3O. The maximum absolute atomic E-state index is 10.7. The number of hydrogen-bond acceptors (Lipinski definition) is 3. The molecule has 0 heterocycles. The van der Waals surface area contributed by atoms with Crippen molar-refractivity contribution >= 4 is 5.91 Å². The second-order valence-corrected chi connectivity index (χ2v) is 2.82. The number of nitrogens with one attached hydrogen (secondary N) is 2. The molecule has 0 bridgehead atoms. The summed E-state index contributed by atoms with van der Waals surface area (Å²) in [5, 5.41) is 5.94. The van der Waals surface area contributed by atoms with Crippen LogP contribution in [0.5, 0.6) is 0 Å². The lowest BCUT2D eigenvalue weighted by atomic mass is 10.3. The van der Waals surface area contributed by atoms with Crippen molar-refractivity contribution in [3.05, 3.63) is 0 Å². The van der Waals surface area contributed by atoms with Gasteiger partial charge >= 0.3 is 0 Å². The highest BCUT2D eigenvalue weighted by molar-refractivity contribution is 5.77. The molecule has 0 saturated heterocycles. The Morgan fingerprint density at radius 2 is 2.17 bits per heavy atom. The summed E-state index contributed by atoms with van der Waals surface area (Å²) in [6.45, 7) is 5.77. The SMILES string of the molecule is CCC(C)NCCNC(=O)CN. The Labute approximate surface area is 73.9 Å².